The van der Waals surface area contributed by atoms with Crippen molar-refractivity contribution >= 4 is 28.8 Å². The van der Waals surface area contributed by atoms with Gasteiger partial charge in [-0.3, -0.25) is 0 Å². The highest BCUT2D eigenvalue weighted by atomic mass is 32.1. The van der Waals surface area contributed by atoms with E-state index in [2.05, 4.69) is 32.0 Å². The molecular weight excluding hydrogens is 498 g/mol. The Balaban J connectivity index is 1.07. The molecule has 0 saturated carbocycles. The Labute approximate surface area is 225 Å². The SMILES string of the molecule is Cc1ccc(C)c(NC(=O)N2CCC(c3nc(C4=NOC(c5ccccc5-n5cncn5)C4)cs3)CC2)c1. The molecule has 194 valence electrons. The third kappa shape index (κ3) is 4.91. The van der Waals surface area contributed by atoms with Crippen molar-refractivity contribution in [2.75, 3.05) is 18.4 Å². The van der Waals surface area contributed by atoms with Crippen LogP contribution in [0, 0.1) is 13.8 Å². The predicted octanol–water partition coefficient (Wildman–Crippen LogP) is 5.62. The fourth-order valence-corrected chi connectivity index (χ4v) is 6.00. The van der Waals surface area contributed by atoms with Crippen molar-refractivity contribution in [1.29, 1.82) is 0 Å². The Hall–Kier alpha value is -4.05. The first-order valence-electron chi connectivity index (χ1n) is 12.8. The molecule has 9 nitrogen and oxygen atoms in total. The van der Waals surface area contributed by atoms with Crippen LogP contribution in [0.1, 0.15) is 58.7 Å². The topological polar surface area (TPSA) is 97.5 Å². The fraction of sp³-hybridized carbons (Fsp3) is 0.321. The molecule has 2 amide bonds. The van der Waals surface area contributed by atoms with Crippen LogP contribution in [0.4, 0.5) is 10.5 Å². The molecule has 1 fully saturated rings. The van der Waals surface area contributed by atoms with Gasteiger partial charge in [0.1, 0.15) is 18.4 Å². The Bertz CT molecular complexity index is 1470. The van der Waals surface area contributed by atoms with Gasteiger partial charge in [0.15, 0.2) is 6.10 Å². The van der Waals surface area contributed by atoms with Crippen molar-refractivity contribution < 1.29 is 9.63 Å². The molecular formula is C28H29N7O2S. The lowest BCUT2D eigenvalue weighted by molar-refractivity contribution is 0.0856. The average molecular weight is 528 g/mol. The number of amides is 2. The van der Waals surface area contributed by atoms with Gasteiger partial charge in [-0.25, -0.2) is 19.4 Å². The van der Waals surface area contributed by atoms with Crippen LogP contribution in [0.15, 0.2) is 65.7 Å². The van der Waals surface area contributed by atoms with Gasteiger partial charge < -0.3 is 15.1 Å². The van der Waals surface area contributed by atoms with Crippen LogP contribution in [0.3, 0.4) is 0 Å². The molecule has 2 aliphatic heterocycles. The van der Waals surface area contributed by atoms with Gasteiger partial charge in [-0.2, -0.15) is 5.10 Å². The lowest BCUT2D eigenvalue weighted by Gasteiger charge is -2.31. The fourth-order valence-electron chi connectivity index (χ4n) is 5.00. The number of aromatic nitrogens is 4. The number of carbonyl (C=O) groups is 1. The highest BCUT2D eigenvalue weighted by Gasteiger charge is 2.30. The summed E-state index contributed by atoms with van der Waals surface area (Å²) in [7, 11) is 0. The summed E-state index contributed by atoms with van der Waals surface area (Å²) in [6, 6.07) is 14.1. The highest BCUT2D eigenvalue weighted by molar-refractivity contribution is 7.10. The molecule has 2 aromatic carbocycles. The van der Waals surface area contributed by atoms with E-state index in [0.717, 1.165) is 57.3 Å². The van der Waals surface area contributed by atoms with Gasteiger partial charge in [-0.1, -0.05) is 35.5 Å². The van der Waals surface area contributed by atoms with E-state index in [9.17, 15) is 4.79 Å². The second-order valence-corrected chi connectivity index (χ2v) is 10.7. The number of para-hydroxylation sites is 1. The number of hydrogen-bond acceptors (Lipinski definition) is 7. The van der Waals surface area contributed by atoms with Gasteiger partial charge in [0.05, 0.1) is 16.4 Å². The molecule has 10 heteroatoms. The largest absolute Gasteiger partial charge is 0.387 e. The maximum Gasteiger partial charge on any atom is 0.321 e. The summed E-state index contributed by atoms with van der Waals surface area (Å²) in [5.41, 5.74) is 6.75. The van der Waals surface area contributed by atoms with Gasteiger partial charge >= 0.3 is 6.03 Å². The predicted molar refractivity (Wildman–Crippen MR) is 147 cm³/mol. The smallest absolute Gasteiger partial charge is 0.321 e. The van der Waals surface area contributed by atoms with E-state index >= 15 is 0 Å². The number of benzene rings is 2. The van der Waals surface area contributed by atoms with Crippen LogP contribution < -0.4 is 5.32 Å². The zero-order chi connectivity index (χ0) is 26.1. The van der Waals surface area contributed by atoms with Gasteiger partial charge in [0.2, 0.25) is 0 Å². The number of carbonyl (C=O) groups excluding carboxylic acids is 1. The minimum atomic E-state index is -0.200. The Morgan fingerprint density at radius 2 is 1.97 bits per heavy atom. The molecule has 1 unspecified atom stereocenters. The van der Waals surface area contributed by atoms with Crippen LogP contribution >= 0.6 is 11.3 Å². The number of aryl methyl sites for hydroxylation is 2. The zero-order valence-electron chi connectivity index (χ0n) is 21.4. The first kappa shape index (κ1) is 24.3. The van der Waals surface area contributed by atoms with Crippen LogP contribution in [0.5, 0.6) is 0 Å². The highest BCUT2D eigenvalue weighted by Crippen LogP contribution is 2.35. The summed E-state index contributed by atoms with van der Waals surface area (Å²) in [6.45, 7) is 5.46. The maximum absolute atomic E-state index is 12.9. The number of urea groups is 1. The lowest BCUT2D eigenvalue weighted by Crippen LogP contribution is -2.40. The van der Waals surface area contributed by atoms with Gasteiger partial charge in [-0.05, 0) is 49.9 Å². The molecule has 2 aliphatic rings. The summed E-state index contributed by atoms with van der Waals surface area (Å²) in [5, 5.41) is 14.9. The van der Waals surface area contributed by atoms with E-state index in [4.69, 9.17) is 9.82 Å². The summed E-state index contributed by atoms with van der Waals surface area (Å²) >= 11 is 1.67. The summed E-state index contributed by atoms with van der Waals surface area (Å²) < 4.78 is 1.74. The summed E-state index contributed by atoms with van der Waals surface area (Å²) in [5.74, 6) is 0.338. The molecule has 0 spiro atoms. The Kier molecular flexibility index (Phi) is 6.63. The van der Waals surface area contributed by atoms with E-state index in [1.54, 1.807) is 22.3 Å². The van der Waals surface area contributed by atoms with Crippen molar-refractivity contribution in [3.05, 3.63) is 87.9 Å². The normalized spacial score (nSPS) is 17.8. The van der Waals surface area contributed by atoms with E-state index in [-0.39, 0.29) is 12.1 Å². The van der Waals surface area contributed by atoms with E-state index < -0.39 is 0 Å². The molecule has 2 aromatic heterocycles. The molecule has 4 aromatic rings. The third-order valence-electron chi connectivity index (χ3n) is 7.20. The number of oxime groups is 1. The van der Waals surface area contributed by atoms with Crippen molar-refractivity contribution in [3.8, 4) is 5.69 Å². The number of rotatable bonds is 5. The molecule has 4 heterocycles. The number of thiazole rings is 1. The summed E-state index contributed by atoms with van der Waals surface area (Å²) in [4.78, 5) is 29.6. The maximum atomic E-state index is 12.9. The minimum Gasteiger partial charge on any atom is -0.387 e. The molecule has 0 aliphatic carbocycles. The number of hydrogen-bond donors (Lipinski definition) is 1. The number of nitrogens with zero attached hydrogens (tertiary/aromatic N) is 6. The zero-order valence-corrected chi connectivity index (χ0v) is 22.2. The lowest BCUT2D eigenvalue weighted by atomic mass is 9.97. The quantitative estimate of drug-likeness (QED) is 0.363. The molecule has 1 N–H and O–H groups in total. The summed E-state index contributed by atoms with van der Waals surface area (Å²) in [6.07, 6.45) is 5.43. The minimum absolute atomic E-state index is 0.0355. The van der Waals surface area contributed by atoms with Crippen LogP contribution in [-0.4, -0.2) is 49.5 Å². The van der Waals surface area contributed by atoms with Gasteiger partial charge in [-0.15, -0.1) is 11.3 Å². The molecule has 1 saturated heterocycles. The van der Waals surface area contributed by atoms with E-state index in [0.29, 0.717) is 25.4 Å². The molecule has 38 heavy (non-hydrogen) atoms. The van der Waals surface area contributed by atoms with Crippen molar-refractivity contribution in [2.24, 2.45) is 5.16 Å². The Morgan fingerprint density at radius 3 is 2.79 bits per heavy atom. The Morgan fingerprint density at radius 1 is 1.13 bits per heavy atom. The number of piperidine rings is 1. The van der Waals surface area contributed by atoms with Crippen LogP contribution in [0.2, 0.25) is 0 Å². The number of likely N-dealkylation sites (tertiary alicyclic amines) is 1. The van der Waals surface area contributed by atoms with Gasteiger partial charge in [0, 0.05) is 42.1 Å². The standard InChI is InChI=1S/C28H29N7O2S/c1-18-7-8-19(2)22(13-18)32-28(36)34-11-9-20(10-12-34)27-31-24(15-38-27)23-14-26(37-33-23)21-5-3-4-6-25(21)35-17-29-16-30-35/h3-8,13,15-17,20,26H,9-12,14H2,1-2H3,(H,32,36). The van der Waals surface area contributed by atoms with Crippen molar-refractivity contribution in [1.82, 2.24) is 24.6 Å². The van der Waals surface area contributed by atoms with E-state index in [1.165, 1.54) is 6.33 Å². The van der Waals surface area contributed by atoms with E-state index in [1.807, 2.05) is 55.1 Å². The first-order valence-corrected chi connectivity index (χ1v) is 13.7. The molecule has 6 rings (SSSR count). The van der Waals surface area contributed by atoms with Crippen molar-refractivity contribution in [3.63, 3.8) is 0 Å². The van der Waals surface area contributed by atoms with Crippen LogP contribution in [-0.2, 0) is 4.84 Å². The first-order chi connectivity index (χ1) is 18.5. The number of nitrogens with one attached hydrogen (secondary N) is 1. The van der Waals surface area contributed by atoms with Crippen LogP contribution in [0.25, 0.3) is 5.69 Å². The molecule has 1 atom stereocenters. The monoisotopic (exact) mass is 527 g/mol. The second-order valence-electron chi connectivity index (χ2n) is 9.82. The van der Waals surface area contributed by atoms with Crippen molar-refractivity contribution in [2.45, 2.75) is 45.1 Å². The molecule has 0 bridgehead atoms. The molecule has 0 radical (unpaired) electrons. The third-order valence-corrected chi connectivity index (χ3v) is 8.21. The second kappa shape index (κ2) is 10.4. The average Bonchev–Trinajstić information content (AvgIpc) is 3.73. The number of anilines is 1. The van der Waals surface area contributed by atoms with Gasteiger partial charge in [0.25, 0.3) is 0 Å².